The highest BCUT2D eigenvalue weighted by Crippen LogP contribution is 2.18. The second-order valence-electron chi connectivity index (χ2n) is 6.79. The summed E-state index contributed by atoms with van der Waals surface area (Å²) in [6.45, 7) is 6.37. The molecule has 2 heterocycles. The van der Waals surface area contributed by atoms with Crippen LogP contribution in [0.15, 0.2) is 30.3 Å². The maximum atomic E-state index is 12.7. The average Bonchev–Trinajstić information content (AvgIpc) is 2.81. The highest BCUT2D eigenvalue weighted by atomic mass is 35.5. The van der Waals surface area contributed by atoms with Gasteiger partial charge in [-0.25, -0.2) is 0 Å². The molecule has 0 radical (unpaired) electrons. The Morgan fingerprint density at radius 2 is 1.77 bits per heavy atom. The molecule has 1 aromatic heterocycles. The molecule has 2 aromatic rings. The molecule has 1 aliphatic heterocycles. The third-order valence-electron chi connectivity index (χ3n) is 4.84. The first kappa shape index (κ1) is 18.5. The molecule has 1 fully saturated rings. The molecule has 138 valence electrons. The molecule has 0 aliphatic carbocycles. The maximum Gasteiger partial charge on any atom is 0.255 e. The van der Waals surface area contributed by atoms with Crippen LogP contribution in [0.25, 0.3) is 0 Å². The van der Waals surface area contributed by atoms with Crippen LogP contribution in [0, 0.1) is 13.8 Å². The molecule has 2 amide bonds. The quantitative estimate of drug-likeness (QED) is 0.898. The smallest absolute Gasteiger partial charge is 0.255 e. The number of hydrogen-bond donors (Lipinski definition) is 1. The zero-order valence-electron chi connectivity index (χ0n) is 15.2. The summed E-state index contributed by atoms with van der Waals surface area (Å²) in [7, 11) is 0. The average molecular weight is 374 g/mol. The van der Waals surface area contributed by atoms with Crippen molar-refractivity contribution in [1.29, 1.82) is 0 Å². The molecule has 26 heavy (non-hydrogen) atoms. The van der Waals surface area contributed by atoms with Crippen molar-refractivity contribution < 1.29 is 9.59 Å². The fourth-order valence-corrected chi connectivity index (χ4v) is 3.63. The molecule has 0 bridgehead atoms. The molecule has 6 heteroatoms. The van der Waals surface area contributed by atoms with Gasteiger partial charge in [0, 0.05) is 37.6 Å². The van der Waals surface area contributed by atoms with E-state index in [2.05, 4.69) is 4.98 Å². The molecule has 1 aliphatic rings. The van der Waals surface area contributed by atoms with E-state index >= 15 is 0 Å². The number of nitrogens with one attached hydrogen (secondary N) is 1. The molecule has 5 nitrogen and oxygen atoms in total. The molecule has 1 saturated heterocycles. The molecule has 3 rings (SSSR count). The van der Waals surface area contributed by atoms with Crippen molar-refractivity contribution in [3.63, 3.8) is 0 Å². The van der Waals surface area contributed by atoms with E-state index in [0.29, 0.717) is 43.2 Å². The Bertz CT molecular complexity index is 815. The Hall–Kier alpha value is -2.27. The summed E-state index contributed by atoms with van der Waals surface area (Å²) < 4.78 is 0. The Morgan fingerprint density at radius 1 is 1.08 bits per heavy atom. The molecular weight excluding hydrogens is 350 g/mol. The Kier molecular flexibility index (Phi) is 5.67. The van der Waals surface area contributed by atoms with Gasteiger partial charge in [0.2, 0.25) is 5.91 Å². The maximum absolute atomic E-state index is 12.7. The van der Waals surface area contributed by atoms with Crippen LogP contribution in [0.3, 0.4) is 0 Å². The summed E-state index contributed by atoms with van der Waals surface area (Å²) >= 11 is 6.15. The summed E-state index contributed by atoms with van der Waals surface area (Å²) in [5, 5.41) is 0.466. The number of aryl methyl sites for hydroxylation is 2. The van der Waals surface area contributed by atoms with Crippen LogP contribution >= 0.6 is 11.6 Å². The molecule has 0 atom stereocenters. The van der Waals surface area contributed by atoms with Gasteiger partial charge in [-0.1, -0.05) is 23.7 Å². The number of amides is 2. The van der Waals surface area contributed by atoms with Gasteiger partial charge in [0.05, 0.1) is 17.0 Å². The largest absolute Gasteiger partial charge is 0.362 e. The van der Waals surface area contributed by atoms with E-state index in [1.807, 2.05) is 36.9 Å². The fourth-order valence-electron chi connectivity index (χ4n) is 3.42. The second-order valence-corrected chi connectivity index (χ2v) is 7.19. The third-order valence-corrected chi connectivity index (χ3v) is 5.17. The fraction of sp³-hybridized carbons (Fsp3) is 0.400. The number of hydrogen-bond acceptors (Lipinski definition) is 2. The molecule has 1 aromatic carbocycles. The van der Waals surface area contributed by atoms with Gasteiger partial charge in [-0.3, -0.25) is 9.59 Å². The van der Waals surface area contributed by atoms with E-state index in [4.69, 9.17) is 11.6 Å². The SMILES string of the molecule is Cc1cc(CC(=O)N2CCCN(C(=O)c3ccccc3Cl)CC2)c(C)[nH]1. The standard InChI is InChI=1S/C20H24ClN3O2/c1-14-12-16(15(2)22-14)13-19(25)23-8-5-9-24(11-10-23)20(26)17-6-3-4-7-18(17)21/h3-4,6-7,12,22H,5,8-11,13H2,1-2H3. The molecule has 0 spiro atoms. The first-order valence-electron chi connectivity index (χ1n) is 8.92. The van der Waals surface area contributed by atoms with Gasteiger partial charge < -0.3 is 14.8 Å². The van der Waals surface area contributed by atoms with Gasteiger partial charge in [-0.05, 0) is 44.0 Å². The number of halogens is 1. The normalized spacial score (nSPS) is 15.0. The summed E-state index contributed by atoms with van der Waals surface area (Å²) in [6.07, 6.45) is 1.17. The molecule has 0 unspecified atom stereocenters. The van der Waals surface area contributed by atoms with Crippen molar-refractivity contribution in [3.8, 4) is 0 Å². The van der Waals surface area contributed by atoms with Crippen molar-refractivity contribution in [1.82, 2.24) is 14.8 Å². The van der Waals surface area contributed by atoms with Gasteiger partial charge in [0.25, 0.3) is 5.91 Å². The van der Waals surface area contributed by atoms with E-state index in [9.17, 15) is 9.59 Å². The van der Waals surface area contributed by atoms with Crippen LogP contribution in [0.4, 0.5) is 0 Å². The molecule has 1 N–H and O–H groups in total. The van der Waals surface area contributed by atoms with Crippen LogP contribution in [0.5, 0.6) is 0 Å². The highest BCUT2D eigenvalue weighted by molar-refractivity contribution is 6.33. The van der Waals surface area contributed by atoms with Gasteiger partial charge in [0.15, 0.2) is 0 Å². The number of aromatic amines is 1. The first-order chi connectivity index (χ1) is 12.5. The molecular formula is C20H24ClN3O2. The van der Waals surface area contributed by atoms with E-state index in [1.54, 1.807) is 17.0 Å². The van der Waals surface area contributed by atoms with E-state index in [1.165, 1.54) is 0 Å². The minimum Gasteiger partial charge on any atom is -0.362 e. The van der Waals surface area contributed by atoms with Crippen LogP contribution in [-0.2, 0) is 11.2 Å². The zero-order chi connectivity index (χ0) is 18.7. The second kappa shape index (κ2) is 7.96. The van der Waals surface area contributed by atoms with Crippen molar-refractivity contribution in [2.45, 2.75) is 26.7 Å². The number of carbonyl (C=O) groups is 2. The van der Waals surface area contributed by atoms with E-state index < -0.39 is 0 Å². The third kappa shape index (κ3) is 4.10. The lowest BCUT2D eigenvalue weighted by Crippen LogP contribution is -2.38. The monoisotopic (exact) mass is 373 g/mol. The number of benzene rings is 1. The van der Waals surface area contributed by atoms with E-state index in [-0.39, 0.29) is 11.8 Å². The van der Waals surface area contributed by atoms with Crippen LogP contribution < -0.4 is 0 Å². The minimum atomic E-state index is -0.0676. The van der Waals surface area contributed by atoms with Crippen LogP contribution in [-0.4, -0.2) is 52.8 Å². The lowest BCUT2D eigenvalue weighted by atomic mass is 10.1. The lowest BCUT2D eigenvalue weighted by molar-refractivity contribution is -0.130. The van der Waals surface area contributed by atoms with Crippen molar-refractivity contribution in [2.75, 3.05) is 26.2 Å². The first-order valence-corrected chi connectivity index (χ1v) is 9.30. The summed E-state index contributed by atoms with van der Waals surface area (Å²) in [4.78, 5) is 32.3. The summed E-state index contributed by atoms with van der Waals surface area (Å²) in [5.41, 5.74) is 3.67. The number of carbonyl (C=O) groups excluding carboxylic acids is 2. The number of H-pyrrole nitrogens is 1. The van der Waals surface area contributed by atoms with Gasteiger partial charge in [-0.15, -0.1) is 0 Å². The van der Waals surface area contributed by atoms with E-state index in [0.717, 1.165) is 23.4 Å². The van der Waals surface area contributed by atoms with Crippen molar-refractivity contribution in [2.24, 2.45) is 0 Å². The molecule has 0 saturated carbocycles. The number of aromatic nitrogens is 1. The van der Waals surface area contributed by atoms with Crippen molar-refractivity contribution in [3.05, 3.63) is 57.9 Å². The highest BCUT2D eigenvalue weighted by Gasteiger charge is 2.24. The summed E-state index contributed by atoms with van der Waals surface area (Å²) in [5.74, 6) is 0.0427. The number of nitrogens with zero attached hydrogens (tertiary/aromatic N) is 2. The van der Waals surface area contributed by atoms with Gasteiger partial charge in [0.1, 0.15) is 0 Å². The van der Waals surface area contributed by atoms with Gasteiger partial charge in [-0.2, -0.15) is 0 Å². The Morgan fingerprint density at radius 3 is 2.46 bits per heavy atom. The lowest BCUT2D eigenvalue weighted by Gasteiger charge is -2.22. The topological polar surface area (TPSA) is 56.4 Å². The summed E-state index contributed by atoms with van der Waals surface area (Å²) in [6, 6.07) is 9.12. The Balaban J connectivity index is 1.63. The predicted octanol–water partition coefficient (Wildman–Crippen LogP) is 3.20. The number of rotatable bonds is 3. The van der Waals surface area contributed by atoms with Gasteiger partial charge >= 0.3 is 0 Å². The van der Waals surface area contributed by atoms with Crippen molar-refractivity contribution >= 4 is 23.4 Å². The minimum absolute atomic E-state index is 0.0676. The predicted molar refractivity (Wildman–Crippen MR) is 103 cm³/mol. The van der Waals surface area contributed by atoms with Crippen LogP contribution in [0.1, 0.15) is 33.7 Å². The zero-order valence-corrected chi connectivity index (χ0v) is 16.0. The Labute approximate surface area is 158 Å². The van der Waals surface area contributed by atoms with Crippen LogP contribution in [0.2, 0.25) is 5.02 Å².